The number of methoxy groups -OCH3 is 2. The van der Waals surface area contributed by atoms with Gasteiger partial charge < -0.3 is 23.8 Å². The van der Waals surface area contributed by atoms with Crippen LogP contribution < -0.4 is 14.2 Å². The number of nitrogens with one attached hydrogen (secondary N) is 1. The van der Waals surface area contributed by atoms with E-state index in [-0.39, 0.29) is 23.8 Å². The van der Waals surface area contributed by atoms with E-state index in [2.05, 4.69) is 4.72 Å². The minimum absolute atomic E-state index is 0.0180. The Morgan fingerprint density at radius 3 is 2.39 bits per heavy atom. The lowest BCUT2D eigenvalue weighted by Crippen LogP contribution is -2.47. The zero-order chi connectivity index (χ0) is 20.2. The first-order valence-corrected chi connectivity index (χ1v) is 10.6. The van der Waals surface area contributed by atoms with Crippen LogP contribution in [-0.2, 0) is 24.3 Å². The number of amides is 1. The highest BCUT2D eigenvalue weighted by Crippen LogP contribution is 2.31. The van der Waals surface area contributed by atoms with E-state index in [0.717, 1.165) is 0 Å². The number of hydrogen-bond acceptors (Lipinski definition) is 7. The van der Waals surface area contributed by atoms with Crippen molar-refractivity contribution in [2.45, 2.75) is 29.9 Å². The van der Waals surface area contributed by atoms with Gasteiger partial charge in [-0.15, -0.1) is 0 Å². The van der Waals surface area contributed by atoms with Gasteiger partial charge in [0.05, 0.1) is 32.3 Å². The smallest absolute Gasteiger partial charge is 0.240 e. The third-order valence-corrected chi connectivity index (χ3v) is 6.45. The SMILES string of the molecule is COc1ccc(S(=O)(=O)NCCC(=O)N2CCC3(CC2)OCCO3)cc1OC. The summed E-state index contributed by atoms with van der Waals surface area (Å²) >= 11 is 0. The number of nitrogens with zero attached hydrogens (tertiary/aromatic N) is 1. The molecule has 0 unspecified atom stereocenters. The van der Waals surface area contributed by atoms with Crippen LogP contribution in [0.4, 0.5) is 0 Å². The van der Waals surface area contributed by atoms with Gasteiger partial charge in [0, 0.05) is 45.0 Å². The number of carbonyl (C=O) groups is 1. The molecule has 0 radical (unpaired) electrons. The fourth-order valence-corrected chi connectivity index (χ4v) is 4.45. The number of hydrogen-bond donors (Lipinski definition) is 1. The first-order chi connectivity index (χ1) is 13.4. The van der Waals surface area contributed by atoms with E-state index in [1.807, 2.05) is 0 Å². The van der Waals surface area contributed by atoms with Crippen LogP contribution >= 0.6 is 0 Å². The molecule has 10 heteroatoms. The molecule has 156 valence electrons. The molecule has 1 N–H and O–H groups in total. The maximum Gasteiger partial charge on any atom is 0.240 e. The highest BCUT2D eigenvalue weighted by molar-refractivity contribution is 7.89. The maximum absolute atomic E-state index is 12.5. The Balaban J connectivity index is 1.50. The van der Waals surface area contributed by atoms with Crippen LogP contribution in [0.1, 0.15) is 19.3 Å². The summed E-state index contributed by atoms with van der Waals surface area (Å²) in [6, 6.07) is 4.33. The Kier molecular flexibility index (Phi) is 6.43. The number of rotatable bonds is 7. The molecule has 0 aromatic heterocycles. The molecule has 1 aromatic rings. The molecule has 2 saturated heterocycles. The zero-order valence-electron chi connectivity index (χ0n) is 16.1. The summed E-state index contributed by atoms with van der Waals surface area (Å²) in [6.45, 7) is 2.28. The van der Waals surface area contributed by atoms with Gasteiger partial charge in [-0.1, -0.05) is 0 Å². The first kappa shape index (κ1) is 20.8. The third-order valence-electron chi connectivity index (χ3n) is 4.99. The molecule has 9 nitrogen and oxygen atoms in total. The highest BCUT2D eigenvalue weighted by Gasteiger charge is 2.40. The average Bonchev–Trinajstić information content (AvgIpc) is 3.15. The summed E-state index contributed by atoms with van der Waals surface area (Å²) in [4.78, 5) is 14.2. The van der Waals surface area contributed by atoms with E-state index < -0.39 is 15.8 Å². The van der Waals surface area contributed by atoms with Crippen LogP contribution in [0.25, 0.3) is 0 Å². The quantitative estimate of drug-likeness (QED) is 0.702. The Morgan fingerprint density at radius 1 is 1.14 bits per heavy atom. The molecule has 1 amide bonds. The zero-order valence-corrected chi connectivity index (χ0v) is 16.9. The molecular weight excluding hydrogens is 388 g/mol. The van der Waals surface area contributed by atoms with Crippen molar-refractivity contribution < 1.29 is 32.2 Å². The number of carbonyl (C=O) groups excluding carboxylic acids is 1. The minimum Gasteiger partial charge on any atom is -0.493 e. The van der Waals surface area contributed by atoms with E-state index in [0.29, 0.717) is 50.6 Å². The fraction of sp³-hybridized carbons (Fsp3) is 0.611. The molecule has 1 aromatic carbocycles. The molecule has 2 fully saturated rings. The molecule has 0 aliphatic carbocycles. The van der Waals surface area contributed by atoms with Gasteiger partial charge in [-0.2, -0.15) is 0 Å². The van der Waals surface area contributed by atoms with Gasteiger partial charge in [-0.3, -0.25) is 4.79 Å². The molecule has 3 rings (SSSR count). The molecule has 1 spiro atoms. The molecule has 2 heterocycles. The molecular formula is C18H26N2O7S. The van der Waals surface area contributed by atoms with Gasteiger partial charge in [0.25, 0.3) is 0 Å². The topological polar surface area (TPSA) is 103 Å². The van der Waals surface area contributed by atoms with Gasteiger partial charge >= 0.3 is 0 Å². The van der Waals surface area contributed by atoms with Crippen LogP contribution in [0, 0.1) is 0 Å². The van der Waals surface area contributed by atoms with E-state index in [4.69, 9.17) is 18.9 Å². The second-order valence-corrected chi connectivity index (χ2v) is 8.42. The average molecular weight is 414 g/mol. The van der Waals surface area contributed by atoms with Gasteiger partial charge in [0.15, 0.2) is 17.3 Å². The molecule has 2 aliphatic rings. The van der Waals surface area contributed by atoms with Crippen molar-refractivity contribution in [2.24, 2.45) is 0 Å². The van der Waals surface area contributed by atoms with Gasteiger partial charge in [0.1, 0.15) is 0 Å². The Bertz CT molecular complexity index is 796. The van der Waals surface area contributed by atoms with Crippen molar-refractivity contribution in [1.29, 1.82) is 0 Å². The predicted molar refractivity (Wildman–Crippen MR) is 99.8 cm³/mol. The Hall–Kier alpha value is -1.88. The second-order valence-electron chi connectivity index (χ2n) is 6.65. The summed E-state index contributed by atoms with van der Waals surface area (Å²) < 4.78 is 48.9. The molecule has 2 aliphatic heterocycles. The lowest BCUT2D eigenvalue weighted by atomic mass is 10.0. The van der Waals surface area contributed by atoms with Gasteiger partial charge in [0.2, 0.25) is 15.9 Å². The standard InChI is InChI=1S/C18H26N2O7S/c1-24-15-4-3-14(13-16(15)25-2)28(22,23)19-8-5-17(21)20-9-6-18(7-10-20)26-11-12-27-18/h3-4,13,19H,5-12H2,1-2H3. The summed E-state index contributed by atoms with van der Waals surface area (Å²) in [7, 11) is -0.848. The number of likely N-dealkylation sites (tertiary alicyclic amines) is 1. The summed E-state index contributed by atoms with van der Waals surface area (Å²) in [5.41, 5.74) is 0. The summed E-state index contributed by atoms with van der Waals surface area (Å²) in [5, 5.41) is 0. The number of benzene rings is 1. The second kappa shape index (κ2) is 8.64. The Morgan fingerprint density at radius 2 is 1.79 bits per heavy atom. The monoisotopic (exact) mass is 414 g/mol. The third kappa shape index (κ3) is 4.57. The lowest BCUT2D eigenvalue weighted by Gasteiger charge is -2.37. The fourth-order valence-electron chi connectivity index (χ4n) is 3.40. The van der Waals surface area contributed by atoms with Crippen LogP contribution in [0.2, 0.25) is 0 Å². The van der Waals surface area contributed by atoms with Crippen molar-refractivity contribution in [2.75, 3.05) is 47.1 Å². The van der Waals surface area contributed by atoms with Crippen LogP contribution in [-0.4, -0.2) is 72.1 Å². The van der Waals surface area contributed by atoms with Gasteiger partial charge in [-0.05, 0) is 12.1 Å². The van der Waals surface area contributed by atoms with Crippen molar-refractivity contribution in [3.05, 3.63) is 18.2 Å². The number of piperidine rings is 1. The van der Waals surface area contributed by atoms with Gasteiger partial charge in [-0.25, -0.2) is 13.1 Å². The van der Waals surface area contributed by atoms with E-state index in [1.54, 1.807) is 4.90 Å². The number of ether oxygens (including phenoxy) is 4. The largest absolute Gasteiger partial charge is 0.493 e. The normalized spacial score (nSPS) is 19.0. The molecule has 0 bridgehead atoms. The maximum atomic E-state index is 12.5. The van der Waals surface area contributed by atoms with E-state index in [1.165, 1.54) is 32.4 Å². The van der Waals surface area contributed by atoms with Crippen LogP contribution in [0.3, 0.4) is 0 Å². The number of sulfonamides is 1. The van der Waals surface area contributed by atoms with E-state index in [9.17, 15) is 13.2 Å². The van der Waals surface area contributed by atoms with Crippen molar-refractivity contribution in [1.82, 2.24) is 9.62 Å². The van der Waals surface area contributed by atoms with Crippen molar-refractivity contribution in [3.63, 3.8) is 0 Å². The molecule has 28 heavy (non-hydrogen) atoms. The summed E-state index contributed by atoms with van der Waals surface area (Å²) in [5.74, 6) is 0.129. The predicted octanol–water partition coefficient (Wildman–Crippen LogP) is 0.738. The Labute approximate surface area is 164 Å². The van der Waals surface area contributed by atoms with Crippen molar-refractivity contribution >= 4 is 15.9 Å². The van der Waals surface area contributed by atoms with Crippen LogP contribution in [0.15, 0.2) is 23.1 Å². The highest BCUT2D eigenvalue weighted by atomic mass is 32.2. The lowest BCUT2D eigenvalue weighted by molar-refractivity contribution is -0.187. The summed E-state index contributed by atoms with van der Waals surface area (Å²) in [6.07, 6.45) is 1.35. The molecule has 0 saturated carbocycles. The van der Waals surface area contributed by atoms with E-state index >= 15 is 0 Å². The minimum atomic E-state index is -3.76. The van der Waals surface area contributed by atoms with Crippen LogP contribution in [0.5, 0.6) is 11.5 Å². The first-order valence-electron chi connectivity index (χ1n) is 9.16. The molecule has 0 atom stereocenters. The van der Waals surface area contributed by atoms with Crippen molar-refractivity contribution in [3.8, 4) is 11.5 Å².